The second-order valence-electron chi connectivity index (χ2n) is 5.35. The van der Waals surface area contributed by atoms with Crippen molar-refractivity contribution in [2.24, 2.45) is 0 Å². The van der Waals surface area contributed by atoms with E-state index in [9.17, 15) is 4.79 Å². The van der Waals surface area contributed by atoms with Gasteiger partial charge in [0, 0.05) is 13.0 Å². The van der Waals surface area contributed by atoms with Crippen LogP contribution in [0.4, 0.5) is 10.5 Å². The minimum Gasteiger partial charge on any atom is -0.439 e. The van der Waals surface area contributed by atoms with E-state index < -0.39 is 0 Å². The Bertz CT molecular complexity index is 493. The third-order valence-corrected chi connectivity index (χ3v) is 3.83. The van der Waals surface area contributed by atoms with Crippen molar-refractivity contribution in [1.29, 1.82) is 0 Å². The lowest BCUT2D eigenvalue weighted by molar-refractivity contribution is 0.0733. The lowest BCUT2D eigenvalue weighted by atomic mass is 10.0. The number of rotatable bonds is 1. The zero-order chi connectivity index (χ0) is 12.8. The van der Waals surface area contributed by atoms with Crippen molar-refractivity contribution in [3.63, 3.8) is 0 Å². The number of hydrogen-bond acceptors (Lipinski definition) is 3. The zero-order valence-corrected chi connectivity index (χ0v) is 10.8. The molecule has 0 aliphatic carbocycles. The number of nitrogens with zero attached hydrogens (tertiary/aromatic N) is 1. The van der Waals surface area contributed by atoms with E-state index in [1.807, 2.05) is 13.8 Å². The summed E-state index contributed by atoms with van der Waals surface area (Å²) < 4.78 is 5.60. The van der Waals surface area contributed by atoms with Crippen LogP contribution >= 0.6 is 0 Å². The van der Waals surface area contributed by atoms with Crippen LogP contribution in [0.3, 0.4) is 0 Å². The van der Waals surface area contributed by atoms with Gasteiger partial charge in [0.25, 0.3) is 0 Å². The second kappa shape index (κ2) is 3.99. The summed E-state index contributed by atoms with van der Waals surface area (Å²) in [6.07, 6.45) is 0.688. The summed E-state index contributed by atoms with van der Waals surface area (Å²) in [5.41, 5.74) is 2.94. The highest BCUT2D eigenvalue weighted by molar-refractivity contribution is 5.91. The molecule has 4 heteroatoms. The molecule has 0 bridgehead atoms. The van der Waals surface area contributed by atoms with Gasteiger partial charge in [-0.1, -0.05) is 12.1 Å². The SMILES string of the molecule is Cc1ccc(C)c(N2CC3(CCNC3)OC2=O)c1. The molecule has 1 amide bonds. The van der Waals surface area contributed by atoms with Gasteiger partial charge in [-0.3, -0.25) is 4.90 Å². The van der Waals surface area contributed by atoms with Crippen molar-refractivity contribution in [3.8, 4) is 0 Å². The highest BCUT2D eigenvalue weighted by Crippen LogP contribution is 2.33. The fourth-order valence-electron chi connectivity index (χ4n) is 2.76. The molecule has 2 aliphatic rings. The molecule has 96 valence electrons. The molecule has 0 aromatic heterocycles. The Kier molecular flexibility index (Phi) is 2.55. The van der Waals surface area contributed by atoms with Gasteiger partial charge in [0.1, 0.15) is 5.60 Å². The first-order chi connectivity index (χ1) is 8.60. The molecule has 2 aliphatic heterocycles. The van der Waals surface area contributed by atoms with Crippen LogP contribution in [0.5, 0.6) is 0 Å². The molecule has 2 heterocycles. The molecule has 1 unspecified atom stereocenters. The van der Waals surface area contributed by atoms with E-state index in [4.69, 9.17) is 4.74 Å². The zero-order valence-electron chi connectivity index (χ0n) is 10.8. The van der Waals surface area contributed by atoms with Crippen LogP contribution in [0, 0.1) is 13.8 Å². The van der Waals surface area contributed by atoms with Crippen molar-refractivity contribution in [3.05, 3.63) is 29.3 Å². The highest BCUT2D eigenvalue weighted by atomic mass is 16.6. The van der Waals surface area contributed by atoms with Crippen LogP contribution in [-0.4, -0.2) is 31.3 Å². The maximum absolute atomic E-state index is 12.1. The van der Waals surface area contributed by atoms with Gasteiger partial charge in [-0.05, 0) is 37.6 Å². The number of anilines is 1. The van der Waals surface area contributed by atoms with Crippen molar-refractivity contribution in [1.82, 2.24) is 5.32 Å². The molecule has 1 N–H and O–H groups in total. The van der Waals surface area contributed by atoms with Crippen LogP contribution in [0.25, 0.3) is 0 Å². The average Bonchev–Trinajstić information content (AvgIpc) is 2.90. The number of amides is 1. The van der Waals surface area contributed by atoms with Crippen LogP contribution < -0.4 is 10.2 Å². The first kappa shape index (κ1) is 11.5. The molecule has 18 heavy (non-hydrogen) atoms. The number of benzene rings is 1. The summed E-state index contributed by atoms with van der Waals surface area (Å²) in [5, 5.41) is 3.27. The highest BCUT2D eigenvalue weighted by Gasteiger charge is 2.47. The van der Waals surface area contributed by atoms with Crippen LogP contribution in [-0.2, 0) is 4.74 Å². The molecule has 1 aromatic rings. The summed E-state index contributed by atoms with van der Waals surface area (Å²) >= 11 is 0. The summed E-state index contributed by atoms with van der Waals surface area (Å²) in [5.74, 6) is 0. The van der Waals surface area contributed by atoms with Gasteiger partial charge in [0.2, 0.25) is 0 Å². The monoisotopic (exact) mass is 246 g/mol. The van der Waals surface area contributed by atoms with E-state index in [1.54, 1.807) is 4.90 Å². The molecular formula is C14H18N2O2. The number of hydrogen-bond donors (Lipinski definition) is 1. The van der Waals surface area contributed by atoms with Crippen LogP contribution in [0.15, 0.2) is 18.2 Å². The van der Waals surface area contributed by atoms with Crippen molar-refractivity contribution in [2.45, 2.75) is 25.9 Å². The van der Waals surface area contributed by atoms with Crippen LogP contribution in [0.1, 0.15) is 17.5 Å². The maximum atomic E-state index is 12.1. The second-order valence-corrected chi connectivity index (χ2v) is 5.35. The number of carbonyl (C=O) groups excluding carboxylic acids is 1. The molecule has 0 saturated carbocycles. The number of ether oxygens (including phenoxy) is 1. The molecule has 3 rings (SSSR count). The summed E-state index contributed by atoms with van der Waals surface area (Å²) in [7, 11) is 0. The van der Waals surface area contributed by atoms with E-state index in [2.05, 4.69) is 23.5 Å². The van der Waals surface area contributed by atoms with Crippen LogP contribution in [0.2, 0.25) is 0 Å². The Morgan fingerprint density at radius 2 is 2.22 bits per heavy atom. The Hall–Kier alpha value is -1.55. The predicted octanol–water partition coefficient (Wildman–Crippen LogP) is 1.99. The van der Waals surface area contributed by atoms with E-state index in [1.165, 1.54) is 0 Å². The van der Waals surface area contributed by atoms with E-state index in [0.29, 0.717) is 6.54 Å². The number of nitrogens with one attached hydrogen (secondary N) is 1. The number of aryl methyl sites for hydroxylation is 2. The van der Waals surface area contributed by atoms with E-state index in [0.717, 1.165) is 36.3 Å². The van der Waals surface area contributed by atoms with Gasteiger partial charge < -0.3 is 10.1 Å². The minimum atomic E-state index is -0.312. The summed E-state index contributed by atoms with van der Waals surface area (Å²) in [6.45, 7) is 6.41. The van der Waals surface area contributed by atoms with Gasteiger partial charge in [-0.2, -0.15) is 0 Å². The topological polar surface area (TPSA) is 41.6 Å². The predicted molar refractivity (Wildman–Crippen MR) is 70.0 cm³/mol. The Morgan fingerprint density at radius 1 is 1.39 bits per heavy atom. The normalized spacial score (nSPS) is 27.0. The van der Waals surface area contributed by atoms with Gasteiger partial charge in [0.05, 0.1) is 12.2 Å². The standard InChI is InChI=1S/C14H18N2O2/c1-10-3-4-11(2)12(7-10)16-9-14(18-13(16)17)5-6-15-8-14/h3-4,7,15H,5-6,8-9H2,1-2H3. The van der Waals surface area contributed by atoms with Gasteiger partial charge in [-0.25, -0.2) is 4.79 Å². The van der Waals surface area contributed by atoms with Gasteiger partial charge in [0.15, 0.2) is 0 Å². The summed E-state index contributed by atoms with van der Waals surface area (Å²) in [4.78, 5) is 13.8. The van der Waals surface area contributed by atoms with Gasteiger partial charge >= 0.3 is 6.09 Å². The minimum absolute atomic E-state index is 0.215. The quantitative estimate of drug-likeness (QED) is 0.824. The molecule has 1 atom stereocenters. The summed E-state index contributed by atoms with van der Waals surface area (Å²) in [6, 6.07) is 6.17. The van der Waals surface area contributed by atoms with Crippen molar-refractivity contribution >= 4 is 11.8 Å². The fraction of sp³-hybridized carbons (Fsp3) is 0.500. The lowest BCUT2D eigenvalue weighted by Crippen LogP contribution is -2.36. The average molecular weight is 246 g/mol. The smallest absolute Gasteiger partial charge is 0.415 e. The molecule has 2 fully saturated rings. The fourth-order valence-corrected chi connectivity index (χ4v) is 2.76. The lowest BCUT2D eigenvalue weighted by Gasteiger charge is -2.20. The maximum Gasteiger partial charge on any atom is 0.415 e. The third-order valence-electron chi connectivity index (χ3n) is 3.83. The van der Waals surface area contributed by atoms with Crippen molar-refractivity contribution < 1.29 is 9.53 Å². The third kappa shape index (κ3) is 1.77. The first-order valence-corrected chi connectivity index (χ1v) is 6.38. The molecule has 4 nitrogen and oxygen atoms in total. The first-order valence-electron chi connectivity index (χ1n) is 6.38. The van der Waals surface area contributed by atoms with E-state index in [-0.39, 0.29) is 11.7 Å². The molecule has 2 saturated heterocycles. The number of carbonyl (C=O) groups is 1. The Balaban J connectivity index is 1.93. The van der Waals surface area contributed by atoms with Gasteiger partial charge in [-0.15, -0.1) is 0 Å². The molecule has 1 aromatic carbocycles. The Labute approximate surface area is 107 Å². The van der Waals surface area contributed by atoms with E-state index >= 15 is 0 Å². The Morgan fingerprint density at radius 3 is 2.94 bits per heavy atom. The molecule has 1 spiro atoms. The van der Waals surface area contributed by atoms with Crippen molar-refractivity contribution in [2.75, 3.05) is 24.5 Å². The largest absolute Gasteiger partial charge is 0.439 e. The molecular weight excluding hydrogens is 228 g/mol. The molecule has 0 radical (unpaired) electrons.